The van der Waals surface area contributed by atoms with E-state index in [1.807, 2.05) is 0 Å². The molecule has 0 fully saturated rings. The van der Waals surface area contributed by atoms with Crippen LogP contribution in [0, 0.1) is 11.3 Å². The highest BCUT2D eigenvalue weighted by Crippen LogP contribution is 2.28. The second kappa shape index (κ2) is 10.7. The van der Waals surface area contributed by atoms with E-state index in [0.717, 1.165) is 25.0 Å². The molecule has 2 aromatic rings. The summed E-state index contributed by atoms with van der Waals surface area (Å²) in [6.07, 6.45) is 2.74. The SMILES string of the molecule is COC(=O)c1ccc(OCCCCCOc2ccc(C#N)cc2)c(OC)c1. The van der Waals surface area contributed by atoms with Crippen LogP contribution in [0.1, 0.15) is 35.2 Å². The number of hydrogen-bond acceptors (Lipinski definition) is 6. The first kappa shape index (κ1) is 20.1. The normalized spacial score (nSPS) is 9.96. The van der Waals surface area contributed by atoms with E-state index in [0.29, 0.717) is 35.8 Å². The van der Waals surface area contributed by atoms with Gasteiger partial charge in [-0.05, 0) is 61.7 Å². The third-order valence-corrected chi connectivity index (χ3v) is 3.88. The molecule has 142 valence electrons. The zero-order valence-electron chi connectivity index (χ0n) is 15.6. The van der Waals surface area contributed by atoms with E-state index < -0.39 is 5.97 Å². The van der Waals surface area contributed by atoms with Gasteiger partial charge in [-0.15, -0.1) is 0 Å². The predicted molar refractivity (Wildman–Crippen MR) is 100 cm³/mol. The number of esters is 1. The number of nitrogens with zero attached hydrogens (tertiary/aromatic N) is 1. The van der Waals surface area contributed by atoms with Crippen molar-refractivity contribution in [2.24, 2.45) is 0 Å². The fourth-order valence-electron chi connectivity index (χ4n) is 2.41. The van der Waals surface area contributed by atoms with E-state index in [-0.39, 0.29) is 0 Å². The lowest BCUT2D eigenvalue weighted by atomic mass is 10.2. The van der Waals surface area contributed by atoms with Crippen molar-refractivity contribution in [3.63, 3.8) is 0 Å². The second-order valence-electron chi connectivity index (χ2n) is 5.75. The van der Waals surface area contributed by atoms with Crippen LogP contribution < -0.4 is 14.2 Å². The van der Waals surface area contributed by atoms with Gasteiger partial charge in [0.2, 0.25) is 0 Å². The monoisotopic (exact) mass is 369 g/mol. The maximum atomic E-state index is 11.5. The molecule has 6 nitrogen and oxygen atoms in total. The quantitative estimate of drug-likeness (QED) is 0.466. The molecule has 0 unspecified atom stereocenters. The van der Waals surface area contributed by atoms with Gasteiger partial charge in [0.1, 0.15) is 5.75 Å². The molecular formula is C21H23NO5. The van der Waals surface area contributed by atoms with Gasteiger partial charge in [-0.25, -0.2) is 4.79 Å². The van der Waals surface area contributed by atoms with Crippen LogP contribution in [0.3, 0.4) is 0 Å². The zero-order valence-corrected chi connectivity index (χ0v) is 15.6. The van der Waals surface area contributed by atoms with E-state index in [1.54, 1.807) is 42.5 Å². The van der Waals surface area contributed by atoms with Gasteiger partial charge in [0.25, 0.3) is 0 Å². The summed E-state index contributed by atoms with van der Waals surface area (Å²) in [5.41, 5.74) is 1.04. The molecule has 27 heavy (non-hydrogen) atoms. The molecule has 0 bridgehead atoms. The van der Waals surface area contributed by atoms with Crippen LogP contribution in [0.25, 0.3) is 0 Å². The number of nitriles is 1. The molecule has 0 amide bonds. The third kappa shape index (κ3) is 6.23. The summed E-state index contributed by atoms with van der Waals surface area (Å²) in [5.74, 6) is 1.45. The smallest absolute Gasteiger partial charge is 0.337 e. The molecule has 0 aliphatic carbocycles. The van der Waals surface area contributed by atoms with Gasteiger partial charge in [-0.1, -0.05) is 0 Å². The lowest BCUT2D eigenvalue weighted by molar-refractivity contribution is 0.0600. The largest absolute Gasteiger partial charge is 0.494 e. The minimum Gasteiger partial charge on any atom is -0.494 e. The molecule has 0 saturated heterocycles. The van der Waals surface area contributed by atoms with E-state index in [4.69, 9.17) is 24.2 Å². The summed E-state index contributed by atoms with van der Waals surface area (Å²) in [4.78, 5) is 11.5. The number of rotatable bonds is 10. The molecule has 0 spiro atoms. The summed E-state index contributed by atoms with van der Waals surface area (Å²) in [6.45, 7) is 1.16. The van der Waals surface area contributed by atoms with Crippen molar-refractivity contribution in [2.75, 3.05) is 27.4 Å². The average Bonchev–Trinajstić information content (AvgIpc) is 2.72. The Balaban J connectivity index is 1.67. The molecule has 0 heterocycles. The number of ether oxygens (including phenoxy) is 4. The fraction of sp³-hybridized carbons (Fsp3) is 0.333. The van der Waals surface area contributed by atoms with Crippen LogP contribution in [-0.4, -0.2) is 33.4 Å². The van der Waals surface area contributed by atoms with Gasteiger partial charge in [0.05, 0.1) is 44.6 Å². The lowest BCUT2D eigenvalue weighted by Crippen LogP contribution is -2.04. The Morgan fingerprint density at radius 3 is 2.26 bits per heavy atom. The highest BCUT2D eigenvalue weighted by atomic mass is 16.5. The Morgan fingerprint density at radius 2 is 1.63 bits per heavy atom. The van der Waals surface area contributed by atoms with Crippen molar-refractivity contribution in [3.8, 4) is 23.3 Å². The van der Waals surface area contributed by atoms with E-state index in [1.165, 1.54) is 14.2 Å². The van der Waals surface area contributed by atoms with E-state index in [2.05, 4.69) is 6.07 Å². The second-order valence-corrected chi connectivity index (χ2v) is 5.75. The molecule has 0 N–H and O–H groups in total. The van der Waals surface area contributed by atoms with Gasteiger partial charge in [0, 0.05) is 0 Å². The lowest BCUT2D eigenvalue weighted by Gasteiger charge is -2.12. The first-order valence-corrected chi connectivity index (χ1v) is 8.70. The Hall–Kier alpha value is -3.20. The standard InChI is InChI=1S/C21H23NO5/c1-24-20-14-17(21(23)25-2)8-11-19(20)27-13-5-3-4-12-26-18-9-6-16(15-22)7-10-18/h6-11,14H,3-5,12-13H2,1-2H3. The van der Waals surface area contributed by atoms with E-state index >= 15 is 0 Å². The van der Waals surface area contributed by atoms with Crippen LogP contribution in [0.15, 0.2) is 42.5 Å². The Labute approximate surface area is 159 Å². The number of hydrogen-bond donors (Lipinski definition) is 0. The Bertz CT molecular complexity index is 780. The van der Waals surface area contributed by atoms with Crippen molar-refractivity contribution < 1.29 is 23.7 Å². The topological polar surface area (TPSA) is 77.8 Å². The first-order chi connectivity index (χ1) is 13.2. The molecule has 0 atom stereocenters. The Morgan fingerprint density at radius 1 is 0.926 bits per heavy atom. The molecule has 0 radical (unpaired) electrons. The van der Waals surface area contributed by atoms with Crippen molar-refractivity contribution in [2.45, 2.75) is 19.3 Å². The summed E-state index contributed by atoms with van der Waals surface area (Å²) >= 11 is 0. The van der Waals surface area contributed by atoms with Gasteiger partial charge in [-0.2, -0.15) is 5.26 Å². The van der Waals surface area contributed by atoms with Crippen molar-refractivity contribution >= 4 is 5.97 Å². The number of unbranched alkanes of at least 4 members (excludes halogenated alkanes) is 2. The maximum absolute atomic E-state index is 11.5. The fourth-order valence-corrected chi connectivity index (χ4v) is 2.41. The van der Waals surface area contributed by atoms with Crippen LogP contribution in [0.2, 0.25) is 0 Å². The van der Waals surface area contributed by atoms with E-state index in [9.17, 15) is 4.79 Å². The number of carbonyl (C=O) groups is 1. The molecule has 0 aliphatic rings. The minimum atomic E-state index is -0.415. The molecule has 0 saturated carbocycles. The van der Waals surface area contributed by atoms with Crippen molar-refractivity contribution in [1.82, 2.24) is 0 Å². The summed E-state index contributed by atoms with van der Waals surface area (Å²) in [7, 11) is 2.87. The highest BCUT2D eigenvalue weighted by Gasteiger charge is 2.11. The molecule has 6 heteroatoms. The summed E-state index contributed by atoms with van der Waals surface area (Å²) in [6, 6.07) is 14.1. The summed E-state index contributed by atoms with van der Waals surface area (Å²) < 4.78 is 21.3. The molecule has 0 aromatic heterocycles. The van der Waals surface area contributed by atoms with Gasteiger partial charge < -0.3 is 18.9 Å². The first-order valence-electron chi connectivity index (χ1n) is 8.70. The highest BCUT2D eigenvalue weighted by molar-refractivity contribution is 5.90. The van der Waals surface area contributed by atoms with Crippen LogP contribution in [0.4, 0.5) is 0 Å². The molecule has 0 aliphatic heterocycles. The Kier molecular flexibility index (Phi) is 7.98. The number of benzene rings is 2. The maximum Gasteiger partial charge on any atom is 0.337 e. The zero-order chi connectivity index (χ0) is 19.5. The van der Waals surface area contributed by atoms with Gasteiger partial charge >= 0.3 is 5.97 Å². The van der Waals surface area contributed by atoms with Crippen LogP contribution >= 0.6 is 0 Å². The summed E-state index contributed by atoms with van der Waals surface area (Å²) in [5, 5.41) is 8.76. The molecule has 2 rings (SSSR count). The van der Waals surface area contributed by atoms with Crippen molar-refractivity contribution in [3.05, 3.63) is 53.6 Å². The van der Waals surface area contributed by atoms with Gasteiger partial charge in [-0.3, -0.25) is 0 Å². The van der Waals surface area contributed by atoms with Crippen LogP contribution in [-0.2, 0) is 4.74 Å². The number of carbonyl (C=O) groups excluding carboxylic acids is 1. The van der Waals surface area contributed by atoms with Crippen LogP contribution in [0.5, 0.6) is 17.2 Å². The third-order valence-electron chi connectivity index (χ3n) is 3.88. The van der Waals surface area contributed by atoms with Gasteiger partial charge in [0.15, 0.2) is 11.5 Å². The predicted octanol–water partition coefficient (Wildman–Crippen LogP) is 3.98. The minimum absolute atomic E-state index is 0.415. The number of methoxy groups -OCH3 is 2. The average molecular weight is 369 g/mol. The molecule has 2 aromatic carbocycles. The molecular weight excluding hydrogens is 346 g/mol. The van der Waals surface area contributed by atoms with Crippen molar-refractivity contribution in [1.29, 1.82) is 5.26 Å².